The molecule has 0 saturated carbocycles. The minimum absolute atomic E-state index is 1.22. The zero-order chi connectivity index (χ0) is 5.98. The summed E-state index contributed by atoms with van der Waals surface area (Å²) in [5.41, 5.74) is 1.50. The summed E-state index contributed by atoms with van der Waals surface area (Å²) in [5.74, 6) is 0. The van der Waals surface area contributed by atoms with Crippen LogP contribution in [0.5, 0.6) is 0 Å². The number of thiol groups is 1. The monoisotopic (exact) mass is 128 g/mol. The molecule has 0 N–H and O–H groups in total. The van der Waals surface area contributed by atoms with Crippen LogP contribution in [0.2, 0.25) is 0 Å². The topological polar surface area (TPSA) is 0 Å². The predicted octanol–water partition coefficient (Wildman–Crippen LogP) is 2.76. The molecule has 8 heavy (non-hydrogen) atoms. The quantitative estimate of drug-likeness (QED) is 0.476. The van der Waals surface area contributed by atoms with Gasteiger partial charge in [-0.1, -0.05) is 5.57 Å². The van der Waals surface area contributed by atoms with Crippen LogP contribution in [0.15, 0.2) is 10.5 Å². The average molecular weight is 128 g/mol. The lowest BCUT2D eigenvalue weighted by molar-refractivity contribution is 0.695. The molecule has 1 heteroatoms. The fourth-order valence-electron chi connectivity index (χ4n) is 1.04. The molecular formula is C7H12S. The first kappa shape index (κ1) is 6.21. The molecule has 0 atom stereocenters. The van der Waals surface area contributed by atoms with Gasteiger partial charge in [-0.25, -0.2) is 0 Å². The number of hydrogen-bond donors (Lipinski definition) is 1. The van der Waals surface area contributed by atoms with Crippen molar-refractivity contribution in [2.45, 2.75) is 32.6 Å². The van der Waals surface area contributed by atoms with Crippen LogP contribution in [-0.4, -0.2) is 0 Å². The lowest BCUT2D eigenvalue weighted by Gasteiger charge is -2.11. The molecule has 0 spiro atoms. The van der Waals surface area contributed by atoms with Crippen LogP contribution in [0.3, 0.4) is 0 Å². The fourth-order valence-corrected chi connectivity index (χ4v) is 1.31. The summed E-state index contributed by atoms with van der Waals surface area (Å²) in [4.78, 5) is 1.33. The minimum atomic E-state index is 1.22. The van der Waals surface area contributed by atoms with E-state index >= 15 is 0 Å². The summed E-state index contributed by atoms with van der Waals surface area (Å²) in [6.07, 6.45) is 5.21. The third-order valence-corrected chi connectivity index (χ3v) is 2.31. The molecule has 1 rings (SSSR count). The highest BCUT2D eigenvalue weighted by molar-refractivity contribution is 7.84. The Balaban J connectivity index is 2.60. The van der Waals surface area contributed by atoms with Crippen molar-refractivity contribution in [1.29, 1.82) is 0 Å². The molecule has 0 saturated heterocycles. The molecule has 0 aliphatic heterocycles. The van der Waals surface area contributed by atoms with Crippen LogP contribution in [0, 0.1) is 0 Å². The molecular weight excluding hydrogens is 116 g/mol. The molecule has 0 aromatic heterocycles. The Morgan fingerprint density at radius 1 is 1.25 bits per heavy atom. The van der Waals surface area contributed by atoms with Crippen LogP contribution in [0.1, 0.15) is 32.6 Å². The van der Waals surface area contributed by atoms with Crippen molar-refractivity contribution in [2.24, 2.45) is 0 Å². The maximum Gasteiger partial charge on any atom is -0.0195 e. The van der Waals surface area contributed by atoms with E-state index in [1.807, 2.05) is 0 Å². The molecule has 0 heterocycles. The van der Waals surface area contributed by atoms with Crippen molar-refractivity contribution in [3.63, 3.8) is 0 Å². The summed E-state index contributed by atoms with van der Waals surface area (Å²) < 4.78 is 0. The summed E-state index contributed by atoms with van der Waals surface area (Å²) in [7, 11) is 0. The molecule has 0 nitrogen and oxygen atoms in total. The summed E-state index contributed by atoms with van der Waals surface area (Å²) in [5, 5.41) is 0. The van der Waals surface area contributed by atoms with E-state index in [0.717, 1.165) is 0 Å². The Labute approximate surface area is 56.4 Å². The molecule has 46 valence electrons. The SMILES string of the molecule is CC1=C(S)CCCC1. The number of rotatable bonds is 0. The van der Waals surface area contributed by atoms with Gasteiger partial charge < -0.3 is 0 Å². The highest BCUT2D eigenvalue weighted by Crippen LogP contribution is 2.25. The molecule has 0 radical (unpaired) electrons. The van der Waals surface area contributed by atoms with Gasteiger partial charge in [-0.3, -0.25) is 0 Å². The first-order chi connectivity index (χ1) is 3.80. The first-order valence-corrected chi connectivity index (χ1v) is 3.63. The summed E-state index contributed by atoms with van der Waals surface area (Å²) in [6.45, 7) is 2.18. The van der Waals surface area contributed by atoms with Crippen LogP contribution >= 0.6 is 12.6 Å². The molecule has 0 aromatic rings. The minimum Gasteiger partial charge on any atom is -0.148 e. The highest BCUT2D eigenvalue weighted by Gasteiger charge is 2.03. The van der Waals surface area contributed by atoms with Gasteiger partial charge in [0.25, 0.3) is 0 Å². The van der Waals surface area contributed by atoms with E-state index in [1.54, 1.807) is 0 Å². The molecule has 0 bridgehead atoms. The predicted molar refractivity (Wildman–Crippen MR) is 40.2 cm³/mol. The molecule has 0 amide bonds. The normalized spacial score (nSPS) is 21.8. The van der Waals surface area contributed by atoms with Gasteiger partial charge in [-0.05, 0) is 37.5 Å². The highest BCUT2D eigenvalue weighted by atomic mass is 32.1. The second-order valence-corrected chi connectivity index (χ2v) is 2.97. The van der Waals surface area contributed by atoms with Gasteiger partial charge in [0.15, 0.2) is 0 Å². The summed E-state index contributed by atoms with van der Waals surface area (Å²) >= 11 is 4.34. The molecule has 1 aliphatic carbocycles. The Morgan fingerprint density at radius 3 is 2.25 bits per heavy atom. The van der Waals surface area contributed by atoms with E-state index in [9.17, 15) is 0 Å². The average Bonchev–Trinajstić information content (AvgIpc) is 1.77. The van der Waals surface area contributed by atoms with E-state index in [0.29, 0.717) is 0 Å². The van der Waals surface area contributed by atoms with Crippen molar-refractivity contribution in [3.05, 3.63) is 10.5 Å². The molecule has 0 fully saturated rings. The second kappa shape index (κ2) is 2.58. The van der Waals surface area contributed by atoms with E-state index in [4.69, 9.17) is 0 Å². The van der Waals surface area contributed by atoms with Crippen molar-refractivity contribution >= 4 is 12.6 Å². The van der Waals surface area contributed by atoms with Crippen molar-refractivity contribution in [2.75, 3.05) is 0 Å². The van der Waals surface area contributed by atoms with Crippen LogP contribution in [0.4, 0.5) is 0 Å². The Morgan fingerprint density at radius 2 is 1.88 bits per heavy atom. The van der Waals surface area contributed by atoms with Gasteiger partial charge in [0.2, 0.25) is 0 Å². The van der Waals surface area contributed by atoms with E-state index in [-0.39, 0.29) is 0 Å². The second-order valence-electron chi connectivity index (χ2n) is 2.43. The lowest BCUT2D eigenvalue weighted by Crippen LogP contribution is -1.90. The molecule has 0 aromatic carbocycles. The van der Waals surface area contributed by atoms with Gasteiger partial charge in [0.1, 0.15) is 0 Å². The third kappa shape index (κ3) is 1.28. The number of hydrogen-bond acceptors (Lipinski definition) is 1. The van der Waals surface area contributed by atoms with Crippen molar-refractivity contribution in [1.82, 2.24) is 0 Å². The smallest absolute Gasteiger partial charge is 0.0195 e. The Bertz CT molecular complexity index is 99.6. The lowest BCUT2D eigenvalue weighted by atomic mass is 10.0. The van der Waals surface area contributed by atoms with E-state index < -0.39 is 0 Å². The van der Waals surface area contributed by atoms with Gasteiger partial charge in [0, 0.05) is 0 Å². The van der Waals surface area contributed by atoms with Crippen LogP contribution in [-0.2, 0) is 0 Å². The van der Waals surface area contributed by atoms with Gasteiger partial charge in [0.05, 0.1) is 0 Å². The third-order valence-electron chi connectivity index (χ3n) is 1.71. The summed E-state index contributed by atoms with van der Waals surface area (Å²) in [6, 6.07) is 0. The Kier molecular flexibility index (Phi) is 2.01. The van der Waals surface area contributed by atoms with Crippen LogP contribution in [0.25, 0.3) is 0 Å². The first-order valence-electron chi connectivity index (χ1n) is 3.18. The maximum absolute atomic E-state index is 4.34. The standard InChI is InChI=1S/C7H12S/c1-6-4-2-3-5-7(6)8/h8H,2-5H2,1H3. The zero-order valence-corrected chi connectivity index (χ0v) is 6.17. The van der Waals surface area contributed by atoms with Gasteiger partial charge in [-0.15, -0.1) is 12.6 Å². The van der Waals surface area contributed by atoms with E-state index in [1.165, 1.54) is 36.2 Å². The van der Waals surface area contributed by atoms with Crippen LogP contribution < -0.4 is 0 Å². The zero-order valence-electron chi connectivity index (χ0n) is 5.28. The van der Waals surface area contributed by atoms with E-state index in [2.05, 4.69) is 19.6 Å². The largest absolute Gasteiger partial charge is 0.148 e. The molecule has 0 unspecified atom stereocenters. The maximum atomic E-state index is 4.34. The van der Waals surface area contributed by atoms with Gasteiger partial charge >= 0.3 is 0 Å². The molecule has 1 aliphatic rings. The van der Waals surface area contributed by atoms with Gasteiger partial charge in [-0.2, -0.15) is 0 Å². The number of allylic oxidation sites excluding steroid dienone is 2. The van der Waals surface area contributed by atoms with Crippen molar-refractivity contribution in [3.8, 4) is 0 Å². The van der Waals surface area contributed by atoms with Crippen molar-refractivity contribution < 1.29 is 0 Å². The fraction of sp³-hybridized carbons (Fsp3) is 0.714. The Hall–Kier alpha value is 0.0900.